The van der Waals surface area contributed by atoms with E-state index in [0.717, 1.165) is 0 Å². The quantitative estimate of drug-likeness (QED) is 0.312. The van der Waals surface area contributed by atoms with E-state index in [9.17, 15) is 39.6 Å². The lowest BCUT2D eigenvalue weighted by atomic mass is 9.56. The number of fused-ring (bicyclic) bond motifs is 2. The molecule has 0 aromatic heterocycles. The number of primary amides is 1. The Hall–Kier alpha value is -2.66. The maximum absolute atomic E-state index is 13.6. The summed E-state index contributed by atoms with van der Waals surface area (Å²) in [6.07, 6.45) is -0.719. The first-order valence-electron chi connectivity index (χ1n) is 10.3. The van der Waals surface area contributed by atoms with Crippen LogP contribution in [0.3, 0.4) is 0 Å². The lowest BCUT2D eigenvalue weighted by Gasteiger charge is -2.49. The van der Waals surface area contributed by atoms with E-state index in [-0.39, 0.29) is 30.8 Å². The van der Waals surface area contributed by atoms with Crippen LogP contribution >= 0.6 is 0 Å². The van der Waals surface area contributed by atoms with E-state index in [2.05, 4.69) is 0 Å². The van der Waals surface area contributed by atoms with E-state index in [1.807, 2.05) is 0 Å². The van der Waals surface area contributed by atoms with E-state index in [4.69, 9.17) is 5.73 Å². The number of aromatic hydroxyl groups is 1. The number of phenolic OH excluding ortho intramolecular Hbond substituents is 1. The fourth-order valence-corrected chi connectivity index (χ4v) is 5.28. The highest BCUT2D eigenvalue weighted by atomic mass is 16.3. The van der Waals surface area contributed by atoms with Crippen molar-refractivity contribution in [3.05, 3.63) is 28.8 Å². The summed E-state index contributed by atoms with van der Waals surface area (Å²) in [6, 6.07) is 1.92. The summed E-state index contributed by atoms with van der Waals surface area (Å²) in [5.41, 5.74) is 3.17. The largest absolute Gasteiger partial charge is 0.507 e. The number of hydrogen-bond donors (Lipinski definition) is 5. The van der Waals surface area contributed by atoms with Gasteiger partial charge in [-0.3, -0.25) is 19.2 Å². The monoisotopic (exact) mass is 448 g/mol. The second-order valence-electron chi connectivity index (χ2n) is 8.81. The average Bonchev–Trinajstić information content (AvgIpc) is 2.71. The Morgan fingerprint density at radius 3 is 2.44 bits per heavy atom. The first kappa shape index (κ1) is 24.0. The number of benzene rings is 1. The van der Waals surface area contributed by atoms with E-state index in [1.54, 1.807) is 19.0 Å². The van der Waals surface area contributed by atoms with Crippen LogP contribution in [0.2, 0.25) is 0 Å². The summed E-state index contributed by atoms with van der Waals surface area (Å²) < 4.78 is 0. The molecule has 0 aliphatic heterocycles. The predicted octanol–water partition coefficient (Wildman–Crippen LogP) is -1.46. The van der Waals surface area contributed by atoms with Gasteiger partial charge in [-0.2, -0.15) is 0 Å². The number of rotatable bonds is 7. The van der Waals surface area contributed by atoms with Crippen LogP contribution in [0.25, 0.3) is 0 Å². The Labute approximate surface area is 184 Å². The summed E-state index contributed by atoms with van der Waals surface area (Å²) in [5.74, 6) is -7.47. The van der Waals surface area contributed by atoms with E-state index in [1.165, 1.54) is 12.1 Å². The third kappa shape index (κ3) is 3.62. The first-order chi connectivity index (χ1) is 15.0. The number of nitrogens with zero attached hydrogens (tertiary/aromatic N) is 1. The smallest absolute Gasteiger partial charge is 0.225 e. The molecular weight excluding hydrogens is 420 g/mol. The Balaban J connectivity index is 2.17. The summed E-state index contributed by atoms with van der Waals surface area (Å²) >= 11 is 0. The van der Waals surface area contributed by atoms with Crippen LogP contribution in [0.1, 0.15) is 34.3 Å². The van der Waals surface area contributed by atoms with Crippen LogP contribution in [0, 0.1) is 17.8 Å². The number of Topliss-reactive ketones (excluding diaryl/α,β-unsaturated/α-hetero) is 3. The van der Waals surface area contributed by atoms with Gasteiger partial charge in [0.2, 0.25) is 5.91 Å². The van der Waals surface area contributed by atoms with Crippen LogP contribution in [0.15, 0.2) is 12.1 Å². The number of hydrogen-bond acceptors (Lipinski definition) is 9. The molecule has 1 saturated carbocycles. The topological polar surface area (TPSA) is 178 Å². The van der Waals surface area contributed by atoms with Crippen molar-refractivity contribution in [2.75, 3.05) is 20.7 Å². The van der Waals surface area contributed by atoms with Crippen molar-refractivity contribution in [3.8, 4) is 5.75 Å². The highest BCUT2D eigenvalue weighted by Crippen LogP contribution is 2.48. The molecule has 0 radical (unpaired) electrons. The van der Waals surface area contributed by atoms with E-state index < -0.39 is 65.7 Å². The number of nitrogens with two attached hydrogens (primary N) is 1. The normalized spacial score (nSPS) is 28.2. The van der Waals surface area contributed by atoms with Crippen LogP contribution < -0.4 is 5.73 Å². The van der Waals surface area contributed by atoms with Crippen molar-refractivity contribution in [1.82, 2.24) is 4.90 Å². The van der Waals surface area contributed by atoms with Crippen molar-refractivity contribution in [2.24, 2.45) is 23.5 Å². The van der Waals surface area contributed by atoms with Crippen molar-refractivity contribution < 1.29 is 39.6 Å². The fraction of sp³-hybridized carbons (Fsp3) is 0.545. The average molecular weight is 448 g/mol. The molecule has 174 valence electrons. The molecule has 3 rings (SSSR count). The minimum Gasteiger partial charge on any atom is -0.507 e. The van der Waals surface area contributed by atoms with Gasteiger partial charge in [0.15, 0.2) is 23.0 Å². The van der Waals surface area contributed by atoms with Gasteiger partial charge in [-0.25, -0.2) is 0 Å². The Kier molecular flexibility index (Phi) is 6.52. The molecule has 1 fully saturated rings. The van der Waals surface area contributed by atoms with Crippen molar-refractivity contribution in [1.29, 1.82) is 0 Å². The molecule has 0 heterocycles. The molecule has 10 nitrogen and oxygen atoms in total. The molecule has 32 heavy (non-hydrogen) atoms. The van der Waals surface area contributed by atoms with Crippen molar-refractivity contribution >= 4 is 23.3 Å². The SMILES string of the molecule is CN(C)[C@H](CO)[C@@H]1C[C@@H]2Cc3c(CO)ccc(O)c3C(=O)C2C(=O)[C@]1(O)C(=O)CC(N)=O. The van der Waals surface area contributed by atoms with Gasteiger partial charge in [0.05, 0.1) is 31.1 Å². The number of aliphatic hydroxyl groups excluding tert-OH is 2. The number of carbonyl (C=O) groups is 4. The van der Waals surface area contributed by atoms with Gasteiger partial charge in [0, 0.05) is 12.0 Å². The number of carbonyl (C=O) groups excluding carboxylic acids is 4. The zero-order valence-electron chi connectivity index (χ0n) is 17.9. The first-order valence-corrected chi connectivity index (χ1v) is 10.3. The number of phenols is 1. The molecule has 0 spiro atoms. The Bertz CT molecular complexity index is 975. The molecule has 5 atom stereocenters. The molecular formula is C22H28N2O8. The number of likely N-dealkylation sites (N-methyl/N-ethyl adjacent to an activating group) is 1. The molecule has 6 N–H and O–H groups in total. The second kappa shape index (κ2) is 8.70. The molecule has 2 aliphatic carbocycles. The fourth-order valence-electron chi connectivity index (χ4n) is 5.28. The maximum Gasteiger partial charge on any atom is 0.225 e. The molecule has 1 amide bonds. The summed E-state index contributed by atoms with van der Waals surface area (Å²) in [4.78, 5) is 52.8. The second-order valence-corrected chi connectivity index (χ2v) is 8.81. The third-order valence-electron chi connectivity index (χ3n) is 6.85. The van der Waals surface area contributed by atoms with Gasteiger partial charge >= 0.3 is 0 Å². The Morgan fingerprint density at radius 1 is 1.25 bits per heavy atom. The number of ketones is 3. The molecule has 10 heteroatoms. The molecule has 2 aliphatic rings. The zero-order valence-corrected chi connectivity index (χ0v) is 17.9. The van der Waals surface area contributed by atoms with Crippen LogP contribution in [-0.2, 0) is 27.4 Å². The predicted molar refractivity (Wildman–Crippen MR) is 110 cm³/mol. The van der Waals surface area contributed by atoms with Crippen molar-refractivity contribution in [3.63, 3.8) is 0 Å². The lowest BCUT2D eigenvalue weighted by Crippen LogP contribution is -2.67. The molecule has 0 saturated heterocycles. The summed E-state index contributed by atoms with van der Waals surface area (Å²) in [5, 5.41) is 41.4. The number of amides is 1. The van der Waals surface area contributed by atoms with Gasteiger partial charge in [-0.05, 0) is 50.0 Å². The summed E-state index contributed by atoms with van der Waals surface area (Å²) in [7, 11) is 3.22. The van der Waals surface area contributed by atoms with Gasteiger partial charge in [-0.15, -0.1) is 0 Å². The van der Waals surface area contributed by atoms with Gasteiger partial charge < -0.3 is 31.1 Å². The van der Waals surface area contributed by atoms with Crippen LogP contribution in [0.4, 0.5) is 0 Å². The van der Waals surface area contributed by atoms with Gasteiger partial charge in [0.25, 0.3) is 0 Å². The van der Waals surface area contributed by atoms with Crippen LogP contribution in [0.5, 0.6) is 5.75 Å². The van der Waals surface area contributed by atoms with Crippen LogP contribution in [-0.4, -0.2) is 80.9 Å². The van der Waals surface area contributed by atoms with Crippen molar-refractivity contribution in [2.45, 2.75) is 37.5 Å². The number of aliphatic hydroxyl groups is 3. The zero-order chi connectivity index (χ0) is 24.0. The standard InChI is InChI=1S/C22H28N2O8/c1-24(2)14(9-26)13-6-11-5-12-10(8-25)3-4-15(27)19(12)20(30)18(11)21(31)22(13,32)16(28)7-17(23)29/h3-4,11,13-14,18,25-27,32H,5-9H2,1-2H3,(H2,23,29)/t11-,13-,14+,18?,22+/m0/s1. The lowest BCUT2D eigenvalue weighted by molar-refractivity contribution is -0.171. The summed E-state index contributed by atoms with van der Waals surface area (Å²) in [6.45, 7) is -0.857. The minimum atomic E-state index is -2.70. The van der Waals surface area contributed by atoms with Gasteiger partial charge in [-0.1, -0.05) is 6.07 Å². The van der Waals surface area contributed by atoms with E-state index >= 15 is 0 Å². The maximum atomic E-state index is 13.6. The highest BCUT2D eigenvalue weighted by Gasteiger charge is 2.62. The third-order valence-corrected chi connectivity index (χ3v) is 6.85. The minimum absolute atomic E-state index is 0.0204. The Morgan fingerprint density at radius 2 is 1.91 bits per heavy atom. The molecule has 1 unspecified atom stereocenters. The molecule has 1 aromatic carbocycles. The molecule has 1 aromatic rings. The highest BCUT2D eigenvalue weighted by molar-refractivity contribution is 6.24. The molecule has 0 bridgehead atoms. The van der Waals surface area contributed by atoms with E-state index in [0.29, 0.717) is 11.1 Å². The van der Waals surface area contributed by atoms with Gasteiger partial charge in [0.1, 0.15) is 5.75 Å².